The van der Waals surface area contributed by atoms with Gasteiger partial charge in [-0.05, 0) is 11.6 Å². The second kappa shape index (κ2) is 3.23. The van der Waals surface area contributed by atoms with E-state index in [2.05, 4.69) is 4.74 Å². The smallest absolute Gasteiger partial charge is 0.310 e. The maximum absolute atomic E-state index is 10.8. The van der Waals surface area contributed by atoms with E-state index in [1.807, 2.05) is 30.1 Å². The molecule has 0 amide bonds. The van der Waals surface area contributed by atoms with E-state index in [0.29, 0.717) is 6.42 Å². The van der Waals surface area contributed by atoms with Gasteiger partial charge < -0.3 is 9.30 Å². The number of rotatable bonds is 2. The fraction of sp³-hybridized carbons (Fsp3) is 0.375. The third kappa shape index (κ3) is 2.11. The van der Waals surface area contributed by atoms with E-state index in [1.54, 1.807) is 0 Å². The van der Waals surface area contributed by atoms with Crippen LogP contribution in [-0.4, -0.2) is 17.6 Å². The first-order valence-corrected chi connectivity index (χ1v) is 3.40. The molecule has 0 aliphatic carbocycles. The molecule has 0 N–H and O–H groups in total. The van der Waals surface area contributed by atoms with Crippen LogP contribution < -0.4 is 0 Å². The van der Waals surface area contributed by atoms with Crippen molar-refractivity contribution in [3.8, 4) is 0 Å². The van der Waals surface area contributed by atoms with Gasteiger partial charge in [0.25, 0.3) is 0 Å². The molecule has 0 aliphatic rings. The van der Waals surface area contributed by atoms with Gasteiger partial charge in [0.05, 0.1) is 13.5 Å². The lowest BCUT2D eigenvalue weighted by Crippen LogP contribution is -2.03. The van der Waals surface area contributed by atoms with E-state index in [4.69, 9.17) is 0 Å². The Balaban J connectivity index is 2.57. The zero-order chi connectivity index (χ0) is 8.27. The number of carbonyl (C=O) groups excluding carboxylic acids is 1. The molecule has 1 heterocycles. The maximum Gasteiger partial charge on any atom is 0.310 e. The number of aryl methyl sites for hydroxylation is 1. The lowest BCUT2D eigenvalue weighted by molar-refractivity contribution is -0.139. The Labute approximate surface area is 65.6 Å². The highest BCUT2D eigenvalue weighted by Crippen LogP contribution is 2.00. The van der Waals surface area contributed by atoms with Crippen LogP contribution in [0.5, 0.6) is 0 Å². The molecule has 0 saturated heterocycles. The fourth-order valence-corrected chi connectivity index (χ4v) is 0.904. The van der Waals surface area contributed by atoms with Crippen molar-refractivity contribution in [1.82, 2.24) is 4.57 Å². The molecule has 60 valence electrons. The first kappa shape index (κ1) is 7.85. The summed E-state index contributed by atoms with van der Waals surface area (Å²) in [5.74, 6) is -0.198. The Morgan fingerprint density at radius 2 is 2.45 bits per heavy atom. The lowest BCUT2D eigenvalue weighted by atomic mass is 10.2. The van der Waals surface area contributed by atoms with E-state index in [1.165, 1.54) is 7.11 Å². The molecule has 0 fully saturated rings. The number of esters is 1. The molecule has 1 aromatic rings. The topological polar surface area (TPSA) is 31.2 Å². The van der Waals surface area contributed by atoms with Crippen molar-refractivity contribution < 1.29 is 9.53 Å². The quantitative estimate of drug-likeness (QED) is 0.587. The molecule has 0 radical (unpaired) electrons. The minimum absolute atomic E-state index is 0.198. The van der Waals surface area contributed by atoms with Gasteiger partial charge in [-0.2, -0.15) is 0 Å². The molecule has 0 saturated carbocycles. The minimum Gasteiger partial charge on any atom is -0.469 e. The predicted octanol–water partition coefficient (Wildman–Crippen LogP) is 0.741. The Morgan fingerprint density at radius 1 is 1.73 bits per heavy atom. The molecule has 0 unspecified atom stereocenters. The summed E-state index contributed by atoms with van der Waals surface area (Å²) in [7, 11) is 3.31. The monoisotopic (exact) mass is 153 g/mol. The fourth-order valence-electron chi connectivity index (χ4n) is 0.904. The van der Waals surface area contributed by atoms with Gasteiger partial charge in [-0.25, -0.2) is 0 Å². The van der Waals surface area contributed by atoms with Gasteiger partial charge >= 0.3 is 5.97 Å². The van der Waals surface area contributed by atoms with E-state index >= 15 is 0 Å². The van der Waals surface area contributed by atoms with Crippen molar-refractivity contribution in [3.63, 3.8) is 0 Å². The largest absolute Gasteiger partial charge is 0.469 e. The van der Waals surface area contributed by atoms with Crippen LogP contribution >= 0.6 is 0 Å². The van der Waals surface area contributed by atoms with Crippen molar-refractivity contribution in [1.29, 1.82) is 0 Å². The lowest BCUT2D eigenvalue weighted by Gasteiger charge is -1.94. The normalized spacial score (nSPS) is 9.64. The third-order valence-corrected chi connectivity index (χ3v) is 1.47. The van der Waals surface area contributed by atoms with Gasteiger partial charge in [-0.1, -0.05) is 0 Å². The molecule has 0 aromatic carbocycles. The summed E-state index contributed by atoms with van der Waals surface area (Å²) in [6.07, 6.45) is 4.16. The van der Waals surface area contributed by atoms with E-state index in [9.17, 15) is 4.79 Å². The molecule has 0 bridgehead atoms. The summed E-state index contributed by atoms with van der Waals surface area (Å²) in [5, 5.41) is 0. The molecule has 0 atom stereocenters. The summed E-state index contributed by atoms with van der Waals surface area (Å²) in [6, 6.07) is 1.90. The van der Waals surface area contributed by atoms with Gasteiger partial charge in [0.1, 0.15) is 0 Å². The van der Waals surface area contributed by atoms with Crippen molar-refractivity contribution >= 4 is 5.97 Å². The molecular formula is C8H11NO2. The summed E-state index contributed by atoms with van der Waals surface area (Å²) >= 11 is 0. The number of ether oxygens (including phenoxy) is 1. The van der Waals surface area contributed by atoms with Crippen LogP contribution in [0.15, 0.2) is 18.5 Å². The average molecular weight is 153 g/mol. The van der Waals surface area contributed by atoms with E-state index in [0.717, 1.165) is 5.56 Å². The SMILES string of the molecule is COC(=O)Cc1ccn(C)c1. The van der Waals surface area contributed by atoms with Crippen molar-refractivity contribution in [2.75, 3.05) is 7.11 Å². The van der Waals surface area contributed by atoms with Crippen LogP contribution in [0.2, 0.25) is 0 Å². The third-order valence-electron chi connectivity index (χ3n) is 1.47. The highest BCUT2D eigenvalue weighted by Gasteiger charge is 2.02. The van der Waals surface area contributed by atoms with Crippen molar-refractivity contribution in [3.05, 3.63) is 24.0 Å². The van der Waals surface area contributed by atoms with Crippen LogP contribution in [0.3, 0.4) is 0 Å². The molecular weight excluding hydrogens is 142 g/mol. The number of hydrogen-bond donors (Lipinski definition) is 0. The van der Waals surface area contributed by atoms with Crippen LogP contribution in [0.1, 0.15) is 5.56 Å². The first-order valence-electron chi connectivity index (χ1n) is 3.40. The Morgan fingerprint density at radius 3 is 2.91 bits per heavy atom. The zero-order valence-electron chi connectivity index (χ0n) is 6.70. The molecule has 11 heavy (non-hydrogen) atoms. The van der Waals surface area contributed by atoms with Crippen molar-refractivity contribution in [2.24, 2.45) is 7.05 Å². The number of carbonyl (C=O) groups is 1. The number of nitrogens with zero attached hydrogens (tertiary/aromatic N) is 1. The van der Waals surface area contributed by atoms with Gasteiger partial charge in [0.2, 0.25) is 0 Å². The Hall–Kier alpha value is -1.25. The van der Waals surface area contributed by atoms with Crippen LogP contribution in [0.25, 0.3) is 0 Å². The van der Waals surface area contributed by atoms with Crippen LogP contribution in [0.4, 0.5) is 0 Å². The number of methoxy groups -OCH3 is 1. The number of hydrogen-bond acceptors (Lipinski definition) is 2. The zero-order valence-corrected chi connectivity index (χ0v) is 6.70. The molecule has 3 nitrogen and oxygen atoms in total. The summed E-state index contributed by atoms with van der Waals surface area (Å²) in [6.45, 7) is 0. The van der Waals surface area contributed by atoms with Gasteiger partial charge in [0.15, 0.2) is 0 Å². The van der Waals surface area contributed by atoms with Crippen molar-refractivity contribution in [2.45, 2.75) is 6.42 Å². The molecule has 1 aromatic heterocycles. The maximum atomic E-state index is 10.8. The molecule has 1 rings (SSSR count). The molecule has 3 heteroatoms. The molecule has 0 aliphatic heterocycles. The Bertz CT molecular complexity index is 252. The summed E-state index contributed by atoms with van der Waals surface area (Å²) < 4.78 is 6.42. The van der Waals surface area contributed by atoms with E-state index < -0.39 is 0 Å². The van der Waals surface area contributed by atoms with E-state index in [-0.39, 0.29) is 5.97 Å². The number of aromatic nitrogens is 1. The standard InChI is InChI=1S/C8H11NO2/c1-9-4-3-7(6-9)5-8(10)11-2/h3-4,6H,5H2,1-2H3. The minimum atomic E-state index is -0.198. The highest BCUT2D eigenvalue weighted by molar-refractivity contribution is 5.72. The second-order valence-corrected chi connectivity index (χ2v) is 2.44. The van der Waals surface area contributed by atoms with Gasteiger partial charge in [-0.3, -0.25) is 4.79 Å². The summed E-state index contributed by atoms with van der Waals surface area (Å²) in [4.78, 5) is 10.8. The first-order chi connectivity index (χ1) is 5.22. The van der Waals surface area contributed by atoms with Crippen LogP contribution in [-0.2, 0) is 23.0 Å². The van der Waals surface area contributed by atoms with Crippen LogP contribution in [0, 0.1) is 0 Å². The Kier molecular flexibility index (Phi) is 2.31. The van der Waals surface area contributed by atoms with Gasteiger partial charge in [-0.15, -0.1) is 0 Å². The highest BCUT2D eigenvalue weighted by atomic mass is 16.5. The second-order valence-electron chi connectivity index (χ2n) is 2.44. The summed E-state index contributed by atoms with van der Waals surface area (Å²) in [5.41, 5.74) is 0.986. The van der Waals surface area contributed by atoms with Gasteiger partial charge in [0, 0.05) is 19.4 Å². The average Bonchev–Trinajstić information content (AvgIpc) is 2.35. The predicted molar refractivity (Wildman–Crippen MR) is 41.1 cm³/mol. The molecule has 0 spiro atoms.